The molecule has 2 nitrogen and oxygen atoms in total. The summed E-state index contributed by atoms with van der Waals surface area (Å²) in [5, 5.41) is 3.20. The number of alkyl halides is 1. The molecular formula is C17H17ClFNO. The van der Waals surface area contributed by atoms with E-state index in [4.69, 9.17) is 11.6 Å². The van der Waals surface area contributed by atoms with Crippen LogP contribution < -0.4 is 5.32 Å². The average Bonchev–Trinajstić information content (AvgIpc) is 2.46. The fraction of sp³-hybridized carbons (Fsp3) is 0.235. The largest absolute Gasteiger partial charge is 0.351 e. The first-order chi connectivity index (χ1) is 9.99. The van der Waals surface area contributed by atoms with E-state index in [2.05, 4.69) is 5.32 Å². The Bertz CT molecular complexity index is 625. The van der Waals surface area contributed by atoms with Crippen molar-refractivity contribution < 1.29 is 9.18 Å². The van der Waals surface area contributed by atoms with Gasteiger partial charge >= 0.3 is 0 Å². The molecule has 0 aliphatic heterocycles. The third kappa shape index (κ3) is 3.82. The zero-order chi connectivity index (χ0) is 15.4. The molecule has 2 aromatic rings. The van der Waals surface area contributed by atoms with Gasteiger partial charge in [0.05, 0.1) is 0 Å². The molecule has 1 N–H and O–H groups in total. The number of rotatable bonds is 4. The summed E-state index contributed by atoms with van der Waals surface area (Å²) in [6, 6.07) is 14.1. The zero-order valence-electron chi connectivity index (χ0n) is 11.9. The van der Waals surface area contributed by atoms with E-state index < -0.39 is 12.1 Å². The van der Waals surface area contributed by atoms with Crippen LogP contribution in [0.3, 0.4) is 0 Å². The molecule has 1 unspecified atom stereocenters. The molecule has 21 heavy (non-hydrogen) atoms. The smallest absolute Gasteiger partial charge is 0.259 e. The predicted octanol–water partition coefficient (Wildman–Crippen LogP) is 4.54. The lowest BCUT2D eigenvalue weighted by Crippen LogP contribution is -2.33. The minimum atomic E-state index is -1.66. The van der Waals surface area contributed by atoms with Crippen LogP contribution in [0.1, 0.15) is 25.6 Å². The SMILES string of the molecule is CC(C)NC(=O)C(F)c1ccc(-c2ccccc2Cl)cc1. The van der Waals surface area contributed by atoms with Gasteiger partial charge in [-0.15, -0.1) is 0 Å². The van der Waals surface area contributed by atoms with Gasteiger partial charge in [-0.1, -0.05) is 54.1 Å². The molecule has 1 amide bonds. The zero-order valence-corrected chi connectivity index (χ0v) is 12.7. The van der Waals surface area contributed by atoms with E-state index in [9.17, 15) is 9.18 Å². The highest BCUT2D eigenvalue weighted by molar-refractivity contribution is 6.33. The molecule has 0 spiro atoms. The van der Waals surface area contributed by atoms with E-state index in [-0.39, 0.29) is 6.04 Å². The third-order valence-corrected chi connectivity index (χ3v) is 3.38. The van der Waals surface area contributed by atoms with Crippen molar-refractivity contribution in [3.63, 3.8) is 0 Å². The van der Waals surface area contributed by atoms with E-state index >= 15 is 0 Å². The molecule has 0 aliphatic rings. The van der Waals surface area contributed by atoms with Gasteiger partial charge in [0, 0.05) is 16.6 Å². The maximum atomic E-state index is 14.1. The van der Waals surface area contributed by atoms with Gasteiger partial charge in [-0.2, -0.15) is 0 Å². The number of benzene rings is 2. The standard InChI is InChI=1S/C17H17ClFNO/c1-11(2)20-17(21)16(19)13-9-7-12(8-10-13)14-5-3-4-6-15(14)18/h3-11,16H,1-2H3,(H,20,21). The molecule has 0 fully saturated rings. The van der Waals surface area contributed by atoms with Crippen LogP contribution in [0, 0.1) is 0 Å². The highest BCUT2D eigenvalue weighted by Crippen LogP contribution is 2.29. The van der Waals surface area contributed by atoms with Gasteiger partial charge in [-0.3, -0.25) is 4.79 Å². The van der Waals surface area contributed by atoms with E-state index in [1.807, 2.05) is 18.2 Å². The van der Waals surface area contributed by atoms with Crippen LogP contribution in [0.4, 0.5) is 4.39 Å². The summed E-state index contributed by atoms with van der Waals surface area (Å²) in [7, 11) is 0. The van der Waals surface area contributed by atoms with Crippen LogP contribution in [0.25, 0.3) is 11.1 Å². The molecule has 2 aromatic carbocycles. The van der Waals surface area contributed by atoms with Gasteiger partial charge in [0.1, 0.15) is 0 Å². The number of hydrogen-bond donors (Lipinski definition) is 1. The van der Waals surface area contributed by atoms with Crippen molar-refractivity contribution in [3.05, 3.63) is 59.1 Å². The van der Waals surface area contributed by atoms with Crippen LogP contribution in [-0.2, 0) is 4.79 Å². The van der Waals surface area contributed by atoms with Crippen molar-refractivity contribution in [2.75, 3.05) is 0 Å². The van der Waals surface area contributed by atoms with Gasteiger partial charge < -0.3 is 5.32 Å². The highest BCUT2D eigenvalue weighted by atomic mass is 35.5. The van der Waals surface area contributed by atoms with Gasteiger partial charge in [-0.05, 0) is 31.0 Å². The van der Waals surface area contributed by atoms with Crippen molar-refractivity contribution in [1.29, 1.82) is 0 Å². The first-order valence-corrected chi connectivity index (χ1v) is 7.16. The van der Waals surface area contributed by atoms with E-state index in [0.717, 1.165) is 11.1 Å². The van der Waals surface area contributed by atoms with Gasteiger partial charge in [0.25, 0.3) is 5.91 Å². The van der Waals surface area contributed by atoms with Crippen LogP contribution in [-0.4, -0.2) is 11.9 Å². The second-order valence-electron chi connectivity index (χ2n) is 5.13. The Labute approximate surface area is 128 Å². The van der Waals surface area contributed by atoms with Crippen LogP contribution in [0.5, 0.6) is 0 Å². The molecular weight excluding hydrogens is 289 g/mol. The summed E-state index contributed by atoms with van der Waals surface area (Å²) in [6.45, 7) is 3.59. The molecule has 0 saturated carbocycles. The lowest BCUT2D eigenvalue weighted by Gasteiger charge is -2.13. The highest BCUT2D eigenvalue weighted by Gasteiger charge is 2.20. The third-order valence-electron chi connectivity index (χ3n) is 3.05. The molecule has 0 heterocycles. The Morgan fingerprint density at radius 1 is 1.10 bits per heavy atom. The van der Waals surface area contributed by atoms with E-state index in [0.29, 0.717) is 10.6 Å². The van der Waals surface area contributed by atoms with Crippen LogP contribution in [0.15, 0.2) is 48.5 Å². The summed E-state index contributed by atoms with van der Waals surface area (Å²) >= 11 is 6.13. The Hall–Kier alpha value is -1.87. The topological polar surface area (TPSA) is 29.1 Å². The summed E-state index contributed by atoms with van der Waals surface area (Å²) in [4.78, 5) is 11.7. The Kier molecular flexibility index (Phi) is 4.97. The van der Waals surface area contributed by atoms with E-state index in [1.54, 1.807) is 44.2 Å². The number of halogens is 2. The van der Waals surface area contributed by atoms with Crippen molar-refractivity contribution in [2.45, 2.75) is 26.1 Å². The Morgan fingerprint density at radius 2 is 1.71 bits per heavy atom. The predicted molar refractivity (Wildman–Crippen MR) is 84.0 cm³/mol. The second-order valence-corrected chi connectivity index (χ2v) is 5.53. The number of amides is 1. The molecule has 0 bridgehead atoms. The number of hydrogen-bond acceptors (Lipinski definition) is 1. The quantitative estimate of drug-likeness (QED) is 0.882. The maximum Gasteiger partial charge on any atom is 0.259 e. The van der Waals surface area contributed by atoms with Gasteiger partial charge in [-0.25, -0.2) is 4.39 Å². The van der Waals surface area contributed by atoms with Crippen molar-refractivity contribution in [2.24, 2.45) is 0 Å². The summed E-state index contributed by atoms with van der Waals surface area (Å²) < 4.78 is 14.1. The van der Waals surface area contributed by atoms with Gasteiger partial charge in [0.2, 0.25) is 6.17 Å². The van der Waals surface area contributed by atoms with Gasteiger partial charge in [0.15, 0.2) is 0 Å². The molecule has 110 valence electrons. The summed E-state index contributed by atoms with van der Waals surface area (Å²) in [6.07, 6.45) is -1.66. The monoisotopic (exact) mass is 305 g/mol. The Morgan fingerprint density at radius 3 is 2.29 bits per heavy atom. The maximum absolute atomic E-state index is 14.1. The first kappa shape index (κ1) is 15.5. The first-order valence-electron chi connectivity index (χ1n) is 6.78. The lowest BCUT2D eigenvalue weighted by atomic mass is 10.0. The van der Waals surface area contributed by atoms with Crippen molar-refractivity contribution in [3.8, 4) is 11.1 Å². The second kappa shape index (κ2) is 6.72. The molecule has 2 rings (SSSR count). The fourth-order valence-electron chi connectivity index (χ4n) is 2.04. The molecule has 0 saturated heterocycles. The summed E-state index contributed by atoms with van der Waals surface area (Å²) in [5.74, 6) is -0.615. The molecule has 0 aromatic heterocycles. The normalized spacial score (nSPS) is 12.2. The Balaban J connectivity index is 2.19. The number of nitrogens with one attached hydrogen (secondary N) is 1. The minimum absolute atomic E-state index is 0.0850. The molecule has 0 radical (unpaired) electrons. The van der Waals surface area contributed by atoms with Crippen molar-refractivity contribution >= 4 is 17.5 Å². The fourth-order valence-corrected chi connectivity index (χ4v) is 2.28. The summed E-state index contributed by atoms with van der Waals surface area (Å²) in [5.41, 5.74) is 2.11. The minimum Gasteiger partial charge on any atom is -0.351 e. The van der Waals surface area contributed by atoms with E-state index in [1.165, 1.54) is 0 Å². The van der Waals surface area contributed by atoms with Crippen LogP contribution in [0.2, 0.25) is 5.02 Å². The lowest BCUT2D eigenvalue weighted by molar-refractivity contribution is -0.126. The molecule has 1 atom stereocenters. The molecule has 4 heteroatoms. The van der Waals surface area contributed by atoms with Crippen molar-refractivity contribution in [1.82, 2.24) is 5.32 Å². The number of carbonyl (C=O) groups excluding carboxylic acids is 1. The number of carbonyl (C=O) groups is 1. The average molecular weight is 306 g/mol. The van der Waals surface area contributed by atoms with Crippen LogP contribution >= 0.6 is 11.6 Å². The molecule has 0 aliphatic carbocycles.